The van der Waals surface area contributed by atoms with E-state index in [1.807, 2.05) is 6.92 Å². The molecule has 0 saturated carbocycles. The number of anilines is 2. The number of hydrogen-bond acceptors (Lipinski definition) is 7. The van der Waals surface area contributed by atoms with Crippen LogP contribution in [0.25, 0.3) is 11.0 Å². The van der Waals surface area contributed by atoms with Crippen LogP contribution in [0.3, 0.4) is 0 Å². The largest absolute Gasteiger partial charge is 0.365 e. The van der Waals surface area contributed by atoms with Crippen LogP contribution >= 0.6 is 11.6 Å². The molecule has 0 saturated heterocycles. The first-order valence-corrected chi connectivity index (χ1v) is 13.8. The molecule has 2 aromatic carbocycles. The van der Waals surface area contributed by atoms with Gasteiger partial charge in [0.25, 0.3) is 10.0 Å². The molecule has 0 spiro atoms. The minimum absolute atomic E-state index is 0.123. The average Bonchev–Trinajstić information content (AvgIpc) is 3.21. The summed E-state index contributed by atoms with van der Waals surface area (Å²) in [7, 11) is -5.89. The number of benzene rings is 2. The van der Waals surface area contributed by atoms with E-state index in [4.69, 9.17) is 11.6 Å². The van der Waals surface area contributed by atoms with Crippen LogP contribution in [0.5, 0.6) is 0 Å². The van der Waals surface area contributed by atoms with Crippen LogP contribution in [-0.4, -0.2) is 44.1 Å². The number of rotatable bonds is 7. The summed E-state index contributed by atoms with van der Waals surface area (Å²) in [4.78, 5) is 8.49. The Balaban J connectivity index is 1.72. The van der Waals surface area contributed by atoms with Gasteiger partial charge in [0, 0.05) is 19.8 Å². The molecule has 9 nitrogen and oxygen atoms in total. The summed E-state index contributed by atoms with van der Waals surface area (Å²) in [5.41, 5.74) is 2.28. The molecule has 1 N–H and O–H groups in total. The Morgan fingerprint density at radius 3 is 2.35 bits per heavy atom. The predicted molar refractivity (Wildman–Crippen MR) is 133 cm³/mol. The van der Waals surface area contributed by atoms with Crippen LogP contribution < -0.4 is 9.62 Å². The molecule has 0 aliphatic rings. The van der Waals surface area contributed by atoms with Gasteiger partial charge in [0.1, 0.15) is 5.82 Å². The van der Waals surface area contributed by atoms with Crippen molar-refractivity contribution in [3.63, 3.8) is 0 Å². The lowest BCUT2D eigenvalue weighted by molar-refractivity contribution is 0.588. The van der Waals surface area contributed by atoms with E-state index in [1.165, 1.54) is 29.7 Å². The molecule has 12 heteroatoms. The summed E-state index contributed by atoms with van der Waals surface area (Å²) >= 11 is 6.13. The molecule has 2 aromatic heterocycles. The zero-order valence-electron chi connectivity index (χ0n) is 18.6. The molecule has 178 valence electrons. The number of sulfonamides is 1. The summed E-state index contributed by atoms with van der Waals surface area (Å²) in [6.45, 7) is 2.09. The maximum absolute atomic E-state index is 13.2. The smallest absolute Gasteiger partial charge is 0.269 e. The molecular formula is C22H22ClN5O4S2. The highest BCUT2D eigenvalue weighted by Gasteiger charge is 2.22. The van der Waals surface area contributed by atoms with Crippen molar-refractivity contribution < 1.29 is 16.8 Å². The molecule has 4 rings (SSSR count). The van der Waals surface area contributed by atoms with Crippen LogP contribution in [0, 0.1) is 6.92 Å². The highest BCUT2D eigenvalue weighted by atomic mass is 35.5. The molecule has 4 aromatic rings. The number of nitrogens with zero attached hydrogens (tertiary/aromatic N) is 4. The van der Waals surface area contributed by atoms with Crippen molar-refractivity contribution in [2.45, 2.75) is 18.4 Å². The Morgan fingerprint density at radius 1 is 1.00 bits per heavy atom. The highest BCUT2D eigenvalue weighted by molar-refractivity contribution is 7.92. The fourth-order valence-electron chi connectivity index (χ4n) is 3.44. The molecule has 0 amide bonds. The molecule has 0 atom stereocenters. The molecule has 0 bridgehead atoms. The molecule has 0 aliphatic carbocycles. The second-order valence-corrected chi connectivity index (χ2v) is 11.9. The van der Waals surface area contributed by atoms with Crippen LogP contribution in [0.2, 0.25) is 5.28 Å². The first-order chi connectivity index (χ1) is 16.0. The predicted octanol–water partition coefficient (Wildman–Crippen LogP) is 3.64. The lowest BCUT2D eigenvalue weighted by Gasteiger charge is -2.20. The Kier molecular flexibility index (Phi) is 6.28. The van der Waals surface area contributed by atoms with Gasteiger partial charge in [-0.15, -0.1) is 0 Å². The van der Waals surface area contributed by atoms with E-state index in [-0.39, 0.29) is 22.4 Å². The first kappa shape index (κ1) is 24.0. The van der Waals surface area contributed by atoms with Gasteiger partial charge in [0.2, 0.25) is 15.3 Å². The van der Waals surface area contributed by atoms with Crippen molar-refractivity contribution in [1.29, 1.82) is 0 Å². The summed E-state index contributed by atoms with van der Waals surface area (Å²) in [6.07, 6.45) is 2.53. The average molecular weight is 520 g/mol. The maximum Gasteiger partial charge on any atom is 0.269 e. The van der Waals surface area contributed by atoms with E-state index in [2.05, 4.69) is 15.3 Å². The summed E-state index contributed by atoms with van der Waals surface area (Å²) in [6, 6.07) is 15.1. The maximum atomic E-state index is 13.2. The van der Waals surface area contributed by atoms with Crippen molar-refractivity contribution in [3.8, 4) is 0 Å². The topological polar surface area (TPSA) is 114 Å². The molecule has 0 fully saturated rings. The lowest BCUT2D eigenvalue weighted by Crippen LogP contribution is -2.26. The van der Waals surface area contributed by atoms with Gasteiger partial charge in [-0.05, 0) is 48.4 Å². The summed E-state index contributed by atoms with van der Waals surface area (Å²) in [5, 5.41) is 3.46. The number of para-hydroxylation sites is 1. The van der Waals surface area contributed by atoms with Crippen molar-refractivity contribution in [2.75, 3.05) is 22.9 Å². The zero-order valence-corrected chi connectivity index (χ0v) is 21.0. The van der Waals surface area contributed by atoms with E-state index in [0.29, 0.717) is 22.5 Å². The number of aryl methyl sites for hydroxylation is 1. The SMILES string of the molecule is Cc1ccc(S(=O)(=O)n2ccc3c(NCc4ccccc4N(C)S(C)(=O)=O)nc(Cl)nc32)cc1. The molecule has 34 heavy (non-hydrogen) atoms. The molecular weight excluding hydrogens is 498 g/mol. The van der Waals surface area contributed by atoms with Gasteiger partial charge in [-0.25, -0.2) is 25.8 Å². The third kappa shape index (κ3) is 4.59. The minimum Gasteiger partial charge on any atom is -0.365 e. The first-order valence-electron chi connectivity index (χ1n) is 10.1. The van der Waals surface area contributed by atoms with E-state index >= 15 is 0 Å². The molecule has 2 heterocycles. The minimum atomic E-state index is -3.91. The zero-order chi connectivity index (χ0) is 24.7. The fraction of sp³-hybridized carbons (Fsp3) is 0.182. The quantitative estimate of drug-likeness (QED) is 0.371. The monoisotopic (exact) mass is 519 g/mol. The van der Waals surface area contributed by atoms with Gasteiger partial charge in [-0.3, -0.25) is 4.31 Å². The highest BCUT2D eigenvalue weighted by Crippen LogP contribution is 2.28. The number of fused-ring (bicyclic) bond motifs is 1. The Bertz CT molecular complexity index is 1580. The number of hydrogen-bond donors (Lipinski definition) is 1. The van der Waals surface area contributed by atoms with Crippen molar-refractivity contribution in [2.24, 2.45) is 0 Å². The Morgan fingerprint density at radius 2 is 1.68 bits per heavy atom. The van der Waals surface area contributed by atoms with Crippen molar-refractivity contribution >= 4 is 54.2 Å². The van der Waals surface area contributed by atoms with Gasteiger partial charge in [-0.1, -0.05) is 35.9 Å². The lowest BCUT2D eigenvalue weighted by atomic mass is 10.1. The second kappa shape index (κ2) is 8.90. The normalized spacial score (nSPS) is 12.1. The summed E-state index contributed by atoms with van der Waals surface area (Å²) < 4.78 is 52.7. The van der Waals surface area contributed by atoms with Crippen LogP contribution in [0.1, 0.15) is 11.1 Å². The van der Waals surface area contributed by atoms with Crippen LogP contribution in [0.4, 0.5) is 11.5 Å². The van der Waals surface area contributed by atoms with Crippen LogP contribution in [0.15, 0.2) is 65.7 Å². The van der Waals surface area contributed by atoms with Crippen molar-refractivity contribution in [3.05, 3.63) is 77.2 Å². The molecule has 0 radical (unpaired) electrons. The Hall–Kier alpha value is -3.15. The number of halogens is 1. The van der Waals surface area contributed by atoms with E-state index < -0.39 is 20.0 Å². The third-order valence-corrected chi connectivity index (χ3v) is 8.38. The van der Waals surface area contributed by atoms with Crippen molar-refractivity contribution in [1.82, 2.24) is 13.9 Å². The Labute approximate surface area is 203 Å². The second-order valence-electron chi connectivity index (χ2n) is 7.72. The van der Waals surface area contributed by atoms with Gasteiger partial charge in [0.15, 0.2) is 5.65 Å². The van der Waals surface area contributed by atoms with Crippen LogP contribution in [-0.2, 0) is 26.6 Å². The standard InChI is InChI=1S/C22H22ClN5O4S2/c1-15-8-10-17(11-9-15)34(31,32)28-13-12-18-20(25-22(23)26-21(18)28)24-14-16-6-4-5-7-19(16)27(2)33(3,29)30/h4-13H,14H2,1-3H3,(H,24,25,26). The molecule has 0 unspecified atom stereocenters. The van der Waals surface area contributed by atoms with Gasteiger partial charge < -0.3 is 5.32 Å². The van der Waals surface area contributed by atoms with E-state index in [9.17, 15) is 16.8 Å². The van der Waals surface area contributed by atoms with Gasteiger partial charge in [0.05, 0.1) is 22.2 Å². The van der Waals surface area contributed by atoms with E-state index in [1.54, 1.807) is 42.5 Å². The number of nitrogens with one attached hydrogen (secondary N) is 1. The fourth-order valence-corrected chi connectivity index (χ4v) is 5.44. The molecule has 0 aliphatic heterocycles. The summed E-state index contributed by atoms with van der Waals surface area (Å²) in [5.74, 6) is 0.324. The van der Waals surface area contributed by atoms with Gasteiger partial charge in [-0.2, -0.15) is 4.98 Å². The third-order valence-electron chi connectivity index (χ3n) is 5.34. The van der Waals surface area contributed by atoms with Gasteiger partial charge >= 0.3 is 0 Å². The van der Waals surface area contributed by atoms with E-state index in [0.717, 1.165) is 15.8 Å². The number of aromatic nitrogens is 3.